The second-order valence-corrected chi connectivity index (χ2v) is 8.51. The second kappa shape index (κ2) is 10.1. The van der Waals surface area contributed by atoms with Crippen molar-refractivity contribution in [1.82, 2.24) is 19.4 Å². The highest BCUT2D eigenvalue weighted by Gasteiger charge is 2.22. The molecule has 0 spiro atoms. The zero-order valence-corrected chi connectivity index (χ0v) is 19.6. The molecule has 0 unspecified atom stereocenters. The number of aromatic nitrogens is 2. The SMILES string of the molecule is C=CCn1c(=S)[nH]c2cc(C(=O)N3CCN(CCc4ccc(OC)cc4)CC3)ccc2c1=O. The Morgan fingerprint density at radius 3 is 2.55 bits per heavy atom. The molecular weight excluding hydrogens is 436 g/mol. The average Bonchev–Trinajstić information content (AvgIpc) is 2.85. The van der Waals surface area contributed by atoms with Gasteiger partial charge in [0.1, 0.15) is 5.75 Å². The minimum atomic E-state index is -0.182. The predicted octanol–water partition coefficient (Wildman–Crippen LogP) is 3.25. The van der Waals surface area contributed by atoms with Crippen LogP contribution < -0.4 is 10.3 Å². The van der Waals surface area contributed by atoms with Gasteiger partial charge in [-0.3, -0.25) is 19.1 Å². The van der Waals surface area contributed by atoms with Crippen LogP contribution in [0.1, 0.15) is 15.9 Å². The topological polar surface area (TPSA) is 70.6 Å². The van der Waals surface area contributed by atoms with Crippen molar-refractivity contribution in [3.63, 3.8) is 0 Å². The van der Waals surface area contributed by atoms with Crippen molar-refractivity contribution in [2.24, 2.45) is 0 Å². The molecule has 1 N–H and O–H groups in total. The summed E-state index contributed by atoms with van der Waals surface area (Å²) in [5, 5.41) is 0.505. The maximum Gasteiger partial charge on any atom is 0.262 e. The average molecular weight is 465 g/mol. The van der Waals surface area contributed by atoms with Crippen molar-refractivity contribution in [3.05, 3.63) is 81.4 Å². The molecule has 0 aliphatic carbocycles. The van der Waals surface area contributed by atoms with Crippen LogP contribution in [0.5, 0.6) is 5.75 Å². The smallest absolute Gasteiger partial charge is 0.262 e. The van der Waals surface area contributed by atoms with Crippen LogP contribution in [0.15, 0.2) is 59.9 Å². The van der Waals surface area contributed by atoms with Crippen LogP contribution in [0, 0.1) is 4.77 Å². The number of amides is 1. The molecule has 172 valence electrons. The Labute approximate surface area is 197 Å². The van der Waals surface area contributed by atoms with Crippen molar-refractivity contribution < 1.29 is 9.53 Å². The third kappa shape index (κ3) is 5.07. The first kappa shape index (κ1) is 22.9. The van der Waals surface area contributed by atoms with Crippen molar-refractivity contribution in [1.29, 1.82) is 0 Å². The molecule has 4 rings (SSSR count). The molecular formula is C25H28N4O3S. The van der Waals surface area contributed by atoms with Gasteiger partial charge in [-0.2, -0.15) is 0 Å². The molecule has 1 aliphatic rings. The Morgan fingerprint density at radius 2 is 1.88 bits per heavy atom. The second-order valence-electron chi connectivity index (χ2n) is 8.13. The molecule has 1 fully saturated rings. The van der Waals surface area contributed by atoms with Gasteiger partial charge in [-0.15, -0.1) is 6.58 Å². The highest BCUT2D eigenvalue weighted by Crippen LogP contribution is 2.16. The number of H-pyrrole nitrogens is 1. The number of nitrogens with one attached hydrogen (secondary N) is 1. The Balaban J connectivity index is 1.38. The highest BCUT2D eigenvalue weighted by molar-refractivity contribution is 7.71. The molecule has 1 amide bonds. The number of rotatable bonds is 7. The maximum atomic E-state index is 13.1. The van der Waals surface area contributed by atoms with Crippen molar-refractivity contribution in [3.8, 4) is 5.75 Å². The number of nitrogens with zero attached hydrogens (tertiary/aromatic N) is 3. The largest absolute Gasteiger partial charge is 0.497 e. The molecule has 7 nitrogen and oxygen atoms in total. The predicted molar refractivity (Wildman–Crippen MR) is 133 cm³/mol. The molecule has 0 saturated carbocycles. The van der Waals surface area contributed by atoms with Gasteiger partial charge >= 0.3 is 0 Å². The van der Waals surface area contributed by atoms with Crippen LogP contribution in [0.25, 0.3) is 10.9 Å². The van der Waals surface area contributed by atoms with Gasteiger partial charge in [-0.25, -0.2) is 0 Å². The minimum Gasteiger partial charge on any atom is -0.497 e. The van der Waals surface area contributed by atoms with E-state index in [1.54, 1.807) is 31.4 Å². The number of fused-ring (bicyclic) bond motifs is 1. The lowest BCUT2D eigenvalue weighted by molar-refractivity contribution is 0.0638. The van der Waals surface area contributed by atoms with Crippen LogP contribution in [0.3, 0.4) is 0 Å². The standard InChI is InChI=1S/C25H28N4O3S/c1-3-11-29-24(31)21-9-6-19(17-22(21)26-25(29)33)23(30)28-15-13-27(14-16-28)12-10-18-4-7-20(32-2)8-5-18/h3-9,17H,1,10-16H2,2H3,(H,26,33). The number of carbonyl (C=O) groups excluding carboxylic acids is 1. The molecule has 0 radical (unpaired) electrons. The van der Waals surface area contributed by atoms with Gasteiger partial charge in [-0.05, 0) is 54.5 Å². The summed E-state index contributed by atoms with van der Waals surface area (Å²) in [6.07, 6.45) is 2.59. The van der Waals surface area contributed by atoms with Crippen LogP contribution >= 0.6 is 12.2 Å². The van der Waals surface area contributed by atoms with E-state index in [0.29, 0.717) is 40.9 Å². The summed E-state index contributed by atoms with van der Waals surface area (Å²) in [7, 11) is 1.67. The van der Waals surface area contributed by atoms with E-state index >= 15 is 0 Å². The number of hydrogen-bond acceptors (Lipinski definition) is 5. The summed E-state index contributed by atoms with van der Waals surface area (Å²) >= 11 is 5.30. The van der Waals surface area contributed by atoms with Gasteiger partial charge in [0, 0.05) is 44.8 Å². The summed E-state index contributed by atoms with van der Waals surface area (Å²) in [5.41, 5.74) is 2.23. The van der Waals surface area contributed by atoms with Crippen LogP contribution in [0.2, 0.25) is 0 Å². The number of ether oxygens (including phenoxy) is 1. The van der Waals surface area contributed by atoms with Crippen LogP contribution in [-0.4, -0.2) is 65.1 Å². The normalized spacial score (nSPS) is 14.4. The zero-order valence-electron chi connectivity index (χ0n) is 18.8. The highest BCUT2D eigenvalue weighted by atomic mass is 32.1. The maximum absolute atomic E-state index is 13.1. The van der Waals surface area contributed by atoms with E-state index in [4.69, 9.17) is 17.0 Å². The third-order valence-electron chi connectivity index (χ3n) is 6.08. The van der Waals surface area contributed by atoms with Crippen molar-refractivity contribution in [2.45, 2.75) is 13.0 Å². The number of benzene rings is 2. The number of hydrogen-bond donors (Lipinski definition) is 1. The van der Waals surface area contributed by atoms with Gasteiger partial charge < -0.3 is 14.6 Å². The lowest BCUT2D eigenvalue weighted by Crippen LogP contribution is -2.49. The quantitative estimate of drug-likeness (QED) is 0.429. The van der Waals surface area contributed by atoms with E-state index in [9.17, 15) is 9.59 Å². The fourth-order valence-corrected chi connectivity index (χ4v) is 4.39. The molecule has 2 aromatic carbocycles. The van der Waals surface area contributed by atoms with Crippen LogP contribution in [-0.2, 0) is 13.0 Å². The van der Waals surface area contributed by atoms with Crippen LogP contribution in [0.4, 0.5) is 0 Å². The summed E-state index contributed by atoms with van der Waals surface area (Å²) in [5.74, 6) is 0.838. The third-order valence-corrected chi connectivity index (χ3v) is 6.40. The molecule has 0 atom stereocenters. The minimum absolute atomic E-state index is 0.0266. The van der Waals surface area contributed by atoms with Gasteiger partial charge in [0.2, 0.25) is 0 Å². The summed E-state index contributed by atoms with van der Waals surface area (Å²) in [6.45, 7) is 7.99. The fraction of sp³-hybridized carbons (Fsp3) is 0.320. The zero-order chi connectivity index (χ0) is 23.4. The molecule has 33 heavy (non-hydrogen) atoms. The van der Waals surface area contributed by atoms with E-state index in [0.717, 1.165) is 31.8 Å². The lowest BCUT2D eigenvalue weighted by atomic mass is 10.1. The van der Waals surface area contributed by atoms with Crippen molar-refractivity contribution >= 4 is 29.0 Å². The number of aromatic amines is 1. The number of piperazine rings is 1. The molecule has 1 aliphatic heterocycles. The summed E-state index contributed by atoms with van der Waals surface area (Å²) in [6, 6.07) is 13.3. The molecule has 1 saturated heterocycles. The van der Waals surface area contributed by atoms with E-state index in [1.165, 1.54) is 10.1 Å². The summed E-state index contributed by atoms with van der Waals surface area (Å²) in [4.78, 5) is 33.1. The first-order valence-electron chi connectivity index (χ1n) is 11.0. The van der Waals surface area contributed by atoms with Gasteiger partial charge in [-0.1, -0.05) is 18.2 Å². The summed E-state index contributed by atoms with van der Waals surface area (Å²) < 4.78 is 6.99. The Morgan fingerprint density at radius 1 is 1.15 bits per heavy atom. The Bertz CT molecular complexity index is 1270. The lowest BCUT2D eigenvalue weighted by Gasteiger charge is -2.34. The molecule has 2 heterocycles. The first-order chi connectivity index (χ1) is 16.0. The van der Waals surface area contributed by atoms with Gasteiger partial charge in [0.05, 0.1) is 18.0 Å². The molecule has 1 aromatic heterocycles. The fourth-order valence-electron chi connectivity index (χ4n) is 4.12. The molecule has 3 aromatic rings. The molecule has 8 heteroatoms. The van der Waals surface area contributed by atoms with E-state index in [2.05, 4.69) is 28.6 Å². The van der Waals surface area contributed by atoms with Crippen molar-refractivity contribution in [2.75, 3.05) is 39.8 Å². The number of methoxy groups -OCH3 is 1. The van der Waals surface area contributed by atoms with E-state index in [1.807, 2.05) is 17.0 Å². The molecule has 0 bridgehead atoms. The Hall–Kier alpha value is -3.23. The Kier molecular flexibility index (Phi) is 7.05. The number of carbonyl (C=O) groups is 1. The van der Waals surface area contributed by atoms with E-state index in [-0.39, 0.29) is 11.5 Å². The van der Waals surface area contributed by atoms with Gasteiger partial charge in [0.25, 0.3) is 11.5 Å². The first-order valence-corrected chi connectivity index (χ1v) is 11.4. The van der Waals surface area contributed by atoms with E-state index < -0.39 is 0 Å². The van der Waals surface area contributed by atoms with Gasteiger partial charge in [0.15, 0.2) is 4.77 Å². The monoisotopic (exact) mass is 464 g/mol. The number of allylic oxidation sites excluding steroid dienone is 1.